The van der Waals surface area contributed by atoms with Gasteiger partial charge in [0.15, 0.2) is 0 Å². The second-order valence-electron chi connectivity index (χ2n) is 9.24. The largest absolute Gasteiger partial charge is 0.375 e. The molecule has 2 aromatic rings. The summed E-state index contributed by atoms with van der Waals surface area (Å²) in [6.45, 7) is 6.07. The number of nitrogens with zero attached hydrogens (tertiary/aromatic N) is 4. The SMILES string of the molecule is CO[C@@]1(CN(C)c2ccc(-c3cc(C(=O)N4CCCC4)ccn3)s2)CN2CCC1CC2. The van der Waals surface area contributed by atoms with Crippen molar-refractivity contribution < 1.29 is 9.53 Å². The Hall–Kier alpha value is -1.96. The maximum atomic E-state index is 12.8. The molecule has 4 fully saturated rings. The number of hydrogen-bond acceptors (Lipinski definition) is 6. The fourth-order valence-electron chi connectivity index (χ4n) is 5.55. The molecular weight excluding hydrogens is 408 g/mol. The molecule has 6 heterocycles. The quantitative estimate of drug-likeness (QED) is 0.687. The van der Waals surface area contributed by atoms with Crippen molar-refractivity contribution >= 4 is 22.2 Å². The fraction of sp³-hybridized carbons (Fsp3) is 0.583. The first-order chi connectivity index (χ1) is 15.1. The molecule has 4 aliphatic heterocycles. The minimum atomic E-state index is -0.0876. The summed E-state index contributed by atoms with van der Waals surface area (Å²) in [7, 11) is 4.04. The van der Waals surface area contributed by atoms with E-state index in [9.17, 15) is 4.79 Å². The van der Waals surface area contributed by atoms with Crippen LogP contribution in [0, 0.1) is 5.92 Å². The number of likely N-dealkylation sites (N-methyl/N-ethyl adjacent to an activating group) is 1. The molecule has 4 saturated heterocycles. The number of pyridine rings is 1. The van der Waals surface area contributed by atoms with Gasteiger partial charge in [-0.1, -0.05) is 0 Å². The monoisotopic (exact) mass is 440 g/mol. The highest BCUT2D eigenvalue weighted by Gasteiger charge is 2.47. The number of carbonyl (C=O) groups excluding carboxylic acids is 1. The van der Waals surface area contributed by atoms with Gasteiger partial charge in [0.05, 0.1) is 15.6 Å². The van der Waals surface area contributed by atoms with Crippen LogP contribution in [0.2, 0.25) is 0 Å². The summed E-state index contributed by atoms with van der Waals surface area (Å²) in [6, 6.07) is 8.07. The van der Waals surface area contributed by atoms with E-state index in [4.69, 9.17) is 4.74 Å². The molecule has 31 heavy (non-hydrogen) atoms. The van der Waals surface area contributed by atoms with Gasteiger partial charge in [0.2, 0.25) is 0 Å². The van der Waals surface area contributed by atoms with Crippen molar-refractivity contribution in [1.82, 2.24) is 14.8 Å². The van der Waals surface area contributed by atoms with E-state index in [1.807, 2.05) is 24.1 Å². The number of methoxy groups -OCH3 is 1. The second-order valence-corrected chi connectivity index (χ2v) is 10.3. The van der Waals surface area contributed by atoms with Crippen LogP contribution in [0.15, 0.2) is 30.5 Å². The third kappa shape index (κ3) is 3.99. The van der Waals surface area contributed by atoms with Crippen molar-refractivity contribution in [2.75, 3.05) is 58.3 Å². The van der Waals surface area contributed by atoms with Gasteiger partial charge in [0.1, 0.15) is 5.60 Å². The first-order valence-corrected chi connectivity index (χ1v) is 12.2. The lowest BCUT2D eigenvalue weighted by Crippen LogP contribution is -2.64. The van der Waals surface area contributed by atoms with E-state index in [0.29, 0.717) is 5.92 Å². The lowest BCUT2D eigenvalue weighted by molar-refractivity contribution is -0.128. The Morgan fingerprint density at radius 1 is 1.23 bits per heavy atom. The van der Waals surface area contributed by atoms with Crippen molar-refractivity contribution in [3.8, 4) is 10.6 Å². The average molecular weight is 441 g/mol. The summed E-state index contributed by atoms with van der Waals surface area (Å²) >= 11 is 1.73. The van der Waals surface area contributed by atoms with E-state index in [-0.39, 0.29) is 11.5 Å². The highest BCUT2D eigenvalue weighted by atomic mass is 32.1. The summed E-state index contributed by atoms with van der Waals surface area (Å²) in [5.41, 5.74) is 1.52. The number of carbonyl (C=O) groups is 1. The number of ether oxygens (including phenoxy) is 1. The van der Waals surface area contributed by atoms with E-state index >= 15 is 0 Å². The molecule has 4 aliphatic rings. The molecule has 166 valence electrons. The molecule has 0 N–H and O–H groups in total. The zero-order valence-corrected chi connectivity index (χ0v) is 19.4. The van der Waals surface area contributed by atoms with Gasteiger partial charge in [0, 0.05) is 52.1 Å². The molecule has 7 heteroatoms. The van der Waals surface area contributed by atoms with Crippen LogP contribution in [0.25, 0.3) is 10.6 Å². The lowest BCUT2D eigenvalue weighted by Gasteiger charge is -2.53. The van der Waals surface area contributed by atoms with E-state index in [2.05, 4.69) is 34.0 Å². The summed E-state index contributed by atoms with van der Waals surface area (Å²) in [5, 5.41) is 1.21. The van der Waals surface area contributed by atoms with E-state index in [1.165, 1.54) is 30.9 Å². The molecule has 1 amide bonds. The van der Waals surface area contributed by atoms with E-state index in [0.717, 1.165) is 55.2 Å². The Bertz CT molecular complexity index is 933. The number of aromatic nitrogens is 1. The number of fused-ring (bicyclic) bond motifs is 3. The van der Waals surface area contributed by atoms with Crippen molar-refractivity contribution in [2.24, 2.45) is 5.92 Å². The molecule has 0 aliphatic carbocycles. The minimum absolute atomic E-state index is 0.0876. The summed E-state index contributed by atoms with van der Waals surface area (Å²) < 4.78 is 6.15. The Balaban J connectivity index is 1.32. The first-order valence-electron chi connectivity index (χ1n) is 11.4. The fourth-order valence-corrected chi connectivity index (χ4v) is 6.48. The standard InChI is InChI=1S/C24H32N4O2S/c1-26(16-24(30-2)17-27-13-8-19(24)9-14-27)22-6-5-21(31-22)20-15-18(7-10-25-20)23(29)28-11-3-4-12-28/h5-7,10,15,19H,3-4,8-9,11-14,16-17H2,1-2H3/t24-/m0/s1. The van der Waals surface area contributed by atoms with Gasteiger partial charge in [-0.15, -0.1) is 11.3 Å². The Morgan fingerprint density at radius 3 is 2.68 bits per heavy atom. The zero-order valence-electron chi connectivity index (χ0n) is 18.5. The molecule has 6 nitrogen and oxygen atoms in total. The molecule has 2 aromatic heterocycles. The molecule has 0 radical (unpaired) electrons. The van der Waals surface area contributed by atoms with Crippen molar-refractivity contribution in [3.05, 3.63) is 36.0 Å². The van der Waals surface area contributed by atoms with Crippen molar-refractivity contribution in [1.29, 1.82) is 0 Å². The van der Waals surface area contributed by atoms with E-state index in [1.54, 1.807) is 17.5 Å². The van der Waals surface area contributed by atoms with Crippen LogP contribution in [0.1, 0.15) is 36.0 Å². The highest BCUT2D eigenvalue weighted by Crippen LogP contribution is 2.40. The molecule has 1 atom stereocenters. The number of amides is 1. The lowest BCUT2D eigenvalue weighted by atomic mass is 9.75. The Kier molecular flexibility index (Phi) is 5.75. The maximum absolute atomic E-state index is 12.8. The highest BCUT2D eigenvalue weighted by molar-refractivity contribution is 7.19. The molecule has 0 unspecified atom stereocenters. The molecule has 6 rings (SSSR count). The van der Waals surface area contributed by atoms with Gasteiger partial charge in [-0.3, -0.25) is 9.78 Å². The van der Waals surface area contributed by atoms with Crippen LogP contribution < -0.4 is 4.90 Å². The molecule has 2 bridgehead atoms. The number of rotatable bonds is 6. The van der Waals surface area contributed by atoms with Crippen LogP contribution >= 0.6 is 11.3 Å². The van der Waals surface area contributed by atoms with Gasteiger partial charge < -0.3 is 19.4 Å². The molecule has 0 saturated carbocycles. The molecular formula is C24H32N4O2S. The molecule has 0 aromatic carbocycles. The maximum Gasteiger partial charge on any atom is 0.253 e. The van der Waals surface area contributed by atoms with Crippen LogP contribution in [-0.2, 0) is 4.74 Å². The van der Waals surface area contributed by atoms with Gasteiger partial charge in [-0.25, -0.2) is 0 Å². The predicted molar refractivity (Wildman–Crippen MR) is 125 cm³/mol. The predicted octanol–water partition coefficient (Wildman–Crippen LogP) is 3.59. The molecule has 0 spiro atoms. The van der Waals surface area contributed by atoms with Gasteiger partial charge >= 0.3 is 0 Å². The van der Waals surface area contributed by atoms with Crippen LogP contribution in [0.3, 0.4) is 0 Å². The zero-order chi connectivity index (χ0) is 21.4. The minimum Gasteiger partial charge on any atom is -0.375 e. The van der Waals surface area contributed by atoms with Gasteiger partial charge in [0.25, 0.3) is 5.91 Å². The number of anilines is 1. The number of piperidine rings is 3. The average Bonchev–Trinajstić information content (AvgIpc) is 3.52. The smallest absolute Gasteiger partial charge is 0.253 e. The second kappa shape index (κ2) is 8.52. The number of hydrogen-bond donors (Lipinski definition) is 0. The van der Waals surface area contributed by atoms with Crippen molar-refractivity contribution in [2.45, 2.75) is 31.3 Å². The normalized spacial score (nSPS) is 27.6. The Morgan fingerprint density at radius 2 is 2.00 bits per heavy atom. The first kappa shape index (κ1) is 20.9. The van der Waals surface area contributed by atoms with Crippen LogP contribution in [0.4, 0.5) is 5.00 Å². The number of thiophene rings is 1. The van der Waals surface area contributed by atoms with E-state index < -0.39 is 0 Å². The Labute approximate surface area is 188 Å². The summed E-state index contributed by atoms with van der Waals surface area (Å²) in [4.78, 5) is 25.3. The summed E-state index contributed by atoms with van der Waals surface area (Å²) in [5.74, 6) is 0.763. The van der Waals surface area contributed by atoms with Crippen LogP contribution in [-0.4, -0.2) is 79.7 Å². The van der Waals surface area contributed by atoms with Crippen LogP contribution in [0.5, 0.6) is 0 Å². The number of likely N-dealkylation sites (tertiary alicyclic amines) is 1. The third-order valence-corrected chi connectivity index (χ3v) is 8.58. The summed E-state index contributed by atoms with van der Waals surface area (Å²) in [6.07, 6.45) is 6.44. The topological polar surface area (TPSA) is 48.9 Å². The van der Waals surface area contributed by atoms with Crippen molar-refractivity contribution in [3.63, 3.8) is 0 Å². The van der Waals surface area contributed by atoms with Gasteiger partial charge in [-0.05, 0) is 69.0 Å². The third-order valence-electron chi connectivity index (χ3n) is 7.35. The van der Waals surface area contributed by atoms with Gasteiger partial charge in [-0.2, -0.15) is 0 Å².